The molecule has 0 aromatic heterocycles. The van der Waals surface area contributed by atoms with Crippen molar-refractivity contribution in [2.45, 2.75) is 66.7 Å². The van der Waals surface area contributed by atoms with E-state index in [4.69, 9.17) is 17.3 Å². The molecule has 19 heavy (non-hydrogen) atoms. The van der Waals surface area contributed by atoms with Gasteiger partial charge in [0.25, 0.3) is 0 Å². The highest BCUT2D eigenvalue weighted by Crippen LogP contribution is 2.43. The Labute approximate surface area is 123 Å². The van der Waals surface area contributed by atoms with Gasteiger partial charge in [0.15, 0.2) is 0 Å². The maximum atomic E-state index is 6.48. The topological polar surface area (TPSA) is 26.0 Å². The van der Waals surface area contributed by atoms with Gasteiger partial charge in [-0.1, -0.05) is 46.2 Å². The highest BCUT2D eigenvalue weighted by atomic mass is 35.5. The Morgan fingerprint density at radius 1 is 0.895 bits per heavy atom. The van der Waals surface area contributed by atoms with E-state index in [9.17, 15) is 0 Å². The smallest absolute Gasteiger partial charge is 0.0477 e. The highest BCUT2D eigenvalue weighted by molar-refractivity contribution is 6.32. The number of anilines is 1. The van der Waals surface area contributed by atoms with Crippen LogP contribution in [-0.2, 0) is 25.7 Å². The lowest BCUT2D eigenvalue weighted by molar-refractivity contribution is 0.628. The second-order valence-electron chi connectivity index (χ2n) is 5.01. The summed E-state index contributed by atoms with van der Waals surface area (Å²) in [6.07, 6.45) is 5.71. The lowest BCUT2D eigenvalue weighted by atomic mass is 9.99. The van der Waals surface area contributed by atoms with Crippen molar-refractivity contribution in [3.63, 3.8) is 0 Å². The van der Waals surface area contributed by atoms with E-state index in [-0.39, 0.29) is 0 Å². The van der Waals surface area contributed by atoms with Crippen molar-refractivity contribution in [3.05, 3.63) is 27.3 Å². The molecule has 2 aliphatic rings. The van der Waals surface area contributed by atoms with E-state index in [1.165, 1.54) is 28.7 Å². The predicted octanol–water partition coefficient (Wildman–Crippen LogP) is 5.20. The fourth-order valence-electron chi connectivity index (χ4n) is 3.16. The summed E-state index contributed by atoms with van der Waals surface area (Å²) in [5.74, 6) is 0.710. The van der Waals surface area contributed by atoms with Crippen LogP contribution in [0.5, 0.6) is 0 Å². The molecule has 0 bridgehead atoms. The van der Waals surface area contributed by atoms with Gasteiger partial charge in [0.2, 0.25) is 0 Å². The standard InChI is InChI=1S/C13H16ClN.2C2H6/c1-7-5-10-11(6-7)13(15)9-4-2-3-8(9)12(10)14;2*1-2/h7H,2-6,15H2,1H3;2*1-2H3. The maximum Gasteiger partial charge on any atom is 0.0477 e. The van der Waals surface area contributed by atoms with Gasteiger partial charge >= 0.3 is 0 Å². The fourth-order valence-corrected chi connectivity index (χ4v) is 3.56. The number of hydrogen-bond donors (Lipinski definition) is 1. The van der Waals surface area contributed by atoms with Crippen LogP contribution >= 0.6 is 11.6 Å². The van der Waals surface area contributed by atoms with Crippen molar-refractivity contribution < 1.29 is 0 Å². The summed E-state index contributed by atoms with van der Waals surface area (Å²) in [4.78, 5) is 0. The van der Waals surface area contributed by atoms with Crippen LogP contribution in [-0.4, -0.2) is 0 Å². The van der Waals surface area contributed by atoms with Gasteiger partial charge in [-0.2, -0.15) is 0 Å². The van der Waals surface area contributed by atoms with Gasteiger partial charge in [0.1, 0.15) is 0 Å². The van der Waals surface area contributed by atoms with Gasteiger partial charge in [-0.3, -0.25) is 0 Å². The van der Waals surface area contributed by atoms with Crippen LogP contribution in [0, 0.1) is 5.92 Å². The SMILES string of the molecule is CC.CC.CC1Cc2c(N)c3c(c(Cl)c2C1)CCC3. The van der Waals surface area contributed by atoms with E-state index >= 15 is 0 Å². The third kappa shape index (κ3) is 2.91. The monoisotopic (exact) mass is 281 g/mol. The van der Waals surface area contributed by atoms with Crippen LogP contribution in [0.2, 0.25) is 5.02 Å². The second kappa shape index (κ2) is 7.19. The van der Waals surface area contributed by atoms with Gasteiger partial charge in [-0.25, -0.2) is 0 Å². The third-order valence-corrected chi connectivity index (χ3v) is 4.32. The summed E-state index contributed by atoms with van der Waals surface area (Å²) in [5, 5.41) is 1.04. The number of nitrogen functional groups attached to an aromatic ring is 1. The molecular weight excluding hydrogens is 254 g/mol. The van der Waals surface area contributed by atoms with Crippen LogP contribution in [0.15, 0.2) is 0 Å². The Balaban J connectivity index is 0.000000415. The number of benzene rings is 1. The summed E-state index contributed by atoms with van der Waals surface area (Å²) >= 11 is 6.48. The first kappa shape index (κ1) is 16.4. The van der Waals surface area contributed by atoms with E-state index in [0.717, 1.165) is 36.4 Å². The number of halogens is 1. The Morgan fingerprint density at radius 2 is 1.42 bits per heavy atom. The van der Waals surface area contributed by atoms with Crippen molar-refractivity contribution in [2.75, 3.05) is 5.73 Å². The number of hydrogen-bond acceptors (Lipinski definition) is 1. The molecule has 1 aromatic rings. The van der Waals surface area contributed by atoms with Crippen molar-refractivity contribution in [3.8, 4) is 0 Å². The zero-order valence-electron chi connectivity index (χ0n) is 13.1. The molecule has 0 amide bonds. The molecule has 0 spiro atoms. The molecule has 0 heterocycles. The predicted molar refractivity (Wildman–Crippen MR) is 87.2 cm³/mol. The number of fused-ring (bicyclic) bond motifs is 2. The molecule has 1 unspecified atom stereocenters. The minimum Gasteiger partial charge on any atom is -0.398 e. The first-order valence-electron chi connectivity index (χ1n) is 7.79. The normalized spacial score (nSPS) is 18.7. The molecule has 0 saturated carbocycles. The lowest BCUT2D eigenvalue weighted by Gasteiger charge is -2.13. The Kier molecular flexibility index (Phi) is 6.19. The van der Waals surface area contributed by atoms with Crippen LogP contribution in [0.1, 0.15) is 63.3 Å². The largest absolute Gasteiger partial charge is 0.398 e. The summed E-state index contributed by atoms with van der Waals surface area (Å²) in [5.41, 5.74) is 12.7. The number of rotatable bonds is 0. The van der Waals surface area contributed by atoms with E-state index in [1.807, 2.05) is 27.7 Å². The van der Waals surface area contributed by atoms with Gasteiger partial charge < -0.3 is 5.73 Å². The molecule has 2 N–H and O–H groups in total. The van der Waals surface area contributed by atoms with Gasteiger partial charge in [0, 0.05) is 10.7 Å². The molecule has 1 atom stereocenters. The molecule has 0 saturated heterocycles. The molecule has 3 rings (SSSR count). The number of nitrogens with two attached hydrogens (primary N) is 1. The summed E-state index contributed by atoms with van der Waals surface area (Å²) in [6.45, 7) is 10.3. The van der Waals surface area contributed by atoms with Gasteiger partial charge in [0.05, 0.1) is 0 Å². The highest BCUT2D eigenvalue weighted by Gasteiger charge is 2.29. The lowest BCUT2D eigenvalue weighted by Crippen LogP contribution is -2.01. The molecule has 1 nitrogen and oxygen atoms in total. The molecule has 2 aliphatic carbocycles. The quantitative estimate of drug-likeness (QED) is 0.650. The second-order valence-corrected chi connectivity index (χ2v) is 5.39. The Bertz CT molecular complexity index is 399. The van der Waals surface area contributed by atoms with Crippen molar-refractivity contribution >= 4 is 17.3 Å². The van der Waals surface area contributed by atoms with Crippen LogP contribution < -0.4 is 5.73 Å². The molecule has 0 radical (unpaired) electrons. The van der Waals surface area contributed by atoms with E-state index in [0.29, 0.717) is 5.92 Å². The summed E-state index contributed by atoms with van der Waals surface area (Å²) in [6, 6.07) is 0. The fraction of sp³-hybridized carbons (Fsp3) is 0.647. The van der Waals surface area contributed by atoms with Crippen LogP contribution in [0.25, 0.3) is 0 Å². The molecule has 2 heteroatoms. The molecule has 0 aliphatic heterocycles. The first-order chi connectivity index (χ1) is 9.18. The zero-order valence-corrected chi connectivity index (χ0v) is 13.8. The van der Waals surface area contributed by atoms with Gasteiger partial charge in [-0.05, 0) is 60.3 Å². The van der Waals surface area contributed by atoms with E-state index in [1.54, 1.807) is 0 Å². The van der Waals surface area contributed by atoms with E-state index < -0.39 is 0 Å². The third-order valence-electron chi connectivity index (χ3n) is 3.87. The average molecular weight is 282 g/mol. The summed E-state index contributed by atoms with van der Waals surface area (Å²) in [7, 11) is 0. The molecule has 0 fully saturated rings. The van der Waals surface area contributed by atoms with E-state index in [2.05, 4.69) is 6.92 Å². The average Bonchev–Trinajstić information content (AvgIpc) is 3.07. The zero-order chi connectivity index (χ0) is 14.6. The maximum absolute atomic E-state index is 6.48. The van der Waals surface area contributed by atoms with Crippen LogP contribution in [0.3, 0.4) is 0 Å². The Hall–Kier alpha value is -0.690. The van der Waals surface area contributed by atoms with Crippen molar-refractivity contribution in [1.82, 2.24) is 0 Å². The van der Waals surface area contributed by atoms with Gasteiger partial charge in [-0.15, -0.1) is 0 Å². The minimum absolute atomic E-state index is 0.710. The van der Waals surface area contributed by atoms with Crippen molar-refractivity contribution in [1.29, 1.82) is 0 Å². The molecule has 108 valence electrons. The van der Waals surface area contributed by atoms with Crippen molar-refractivity contribution in [2.24, 2.45) is 5.92 Å². The summed E-state index contributed by atoms with van der Waals surface area (Å²) < 4.78 is 0. The first-order valence-corrected chi connectivity index (χ1v) is 8.16. The minimum atomic E-state index is 0.710. The molecule has 1 aromatic carbocycles. The Morgan fingerprint density at radius 3 is 2.05 bits per heavy atom. The van der Waals surface area contributed by atoms with Crippen LogP contribution in [0.4, 0.5) is 5.69 Å². The molecular formula is C17H28ClN.